The first kappa shape index (κ1) is 23.7. The number of fused-ring (bicyclic) bond motifs is 1. The van der Waals surface area contributed by atoms with Crippen LogP contribution in [0, 0.1) is 11.7 Å². The molecule has 0 saturated carbocycles. The third-order valence-corrected chi connectivity index (χ3v) is 5.61. The standard InChI is InChI=1S/C23H32FN5O3/c1-14(2)11-15(12-28(5)6)32-22(31)29-13-17-19(23(29,3)4)26-27-20(17)25-21(30)16-9-7-8-10-18(16)24/h7-10,14-15H,11-13H2,1-6H3,(H2,25,26,27,30). The molecule has 1 aliphatic rings. The van der Waals surface area contributed by atoms with E-state index in [1.165, 1.54) is 18.2 Å². The summed E-state index contributed by atoms with van der Waals surface area (Å²) in [5, 5.41) is 9.79. The molecule has 2 N–H and O–H groups in total. The number of likely N-dealkylation sites (N-methyl/N-ethyl adjacent to an activating group) is 1. The summed E-state index contributed by atoms with van der Waals surface area (Å²) in [5.74, 6) is -0.542. The summed E-state index contributed by atoms with van der Waals surface area (Å²) in [5.41, 5.74) is 0.620. The van der Waals surface area contributed by atoms with Crippen molar-refractivity contribution in [2.75, 3.05) is 26.0 Å². The van der Waals surface area contributed by atoms with Crippen LogP contribution in [0.25, 0.3) is 0 Å². The SMILES string of the molecule is CC(C)CC(CN(C)C)OC(=O)N1Cc2c(NC(=O)c3ccccc3F)n[nH]c2C1(C)C. The van der Waals surface area contributed by atoms with Gasteiger partial charge in [0, 0.05) is 12.1 Å². The van der Waals surface area contributed by atoms with Crippen molar-refractivity contribution in [2.24, 2.45) is 5.92 Å². The molecule has 0 spiro atoms. The van der Waals surface area contributed by atoms with Crippen LogP contribution in [0.1, 0.15) is 55.7 Å². The molecule has 0 bridgehead atoms. The Balaban J connectivity index is 1.77. The highest BCUT2D eigenvalue weighted by molar-refractivity contribution is 6.04. The lowest BCUT2D eigenvalue weighted by Crippen LogP contribution is -2.44. The maximum absolute atomic E-state index is 14.0. The van der Waals surface area contributed by atoms with Gasteiger partial charge in [-0.15, -0.1) is 0 Å². The van der Waals surface area contributed by atoms with Crippen molar-refractivity contribution in [2.45, 2.75) is 52.3 Å². The van der Waals surface area contributed by atoms with E-state index in [1.54, 1.807) is 11.0 Å². The van der Waals surface area contributed by atoms with Crippen molar-refractivity contribution >= 4 is 17.8 Å². The number of anilines is 1. The van der Waals surface area contributed by atoms with Gasteiger partial charge in [0.1, 0.15) is 11.9 Å². The summed E-state index contributed by atoms with van der Waals surface area (Å²) in [6.07, 6.45) is 0.110. The fourth-order valence-corrected chi connectivity index (χ4v) is 4.03. The van der Waals surface area contributed by atoms with E-state index in [4.69, 9.17) is 4.74 Å². The number of nitrogens with zero attached hydrogens (tertiary/aromatic N) is 3. The molecule has 0 fully saturated rings. The molecule has 1 unspecified atom stereocenters. The Morgan fingerprint density at radius 3 is 2.62 bits per heavy atom. The van der Waals surface area contributed by atoms with E-state index >= 15 is 0 Å². The minimum atomic E-state index is -0.707. The molecule has 8 nitrogen and oxygen atoms in total. The highest BCUT2D eigenvalue weighted by atomic mass is 19.1. The zero-order valence-electron chi connectivity index (χ0n) is 19.5. The normalized spacial score (nSPS) is 15.7. The Morgan fingerprint density at radius 2 is 2.00 bits per heavy atom. The van der Waals surface area contributed by atoms with Crippen LogP contribution < -0.4 is 5.32 Å². The maximum Gasteiger partial charge on any atom is 0.411 e. The number of nitrogens with one attached hydrogen (secondary N) is 2. The second kappa shape index (κ2) is 9.28. The van der Waals surface area contributed by atoms with Gasteiger partial charge >= 0.3 is 6.09 Å². The van der Waals surface area contributed by atoms with Crippen molar-refractivity contribution in [1.29, 1.82) is 0 Å². The highest BCUT2D eigenvalue weighted by Crippen LogP contribution is 2.41. The fourth-order valence-electron chi connectivity index (χ4n) is 4.03. The number of hydrogen-bond acceptors (Lipinski definition) is 5. The molecule has 1 atom stereocenters. The lowest BCUT2D eigenvalue weighted by atomic mass is 10.0. The molecule has 1 aromatic heterocycles. The molecule has 1 aromatic carbocycles. The maximum atomic E-state index is 14.0. The summed E-state index contributed by atoms with van der Waals surface area (Å²) in [6, 6.07) is 5.75. The average Bonchev–Trinajstić information content (AvgIpc) is 3.19. The van der Waals surface area contributed by atoms with E-state index in [1.807, 2.05) is 32.8 Å². The third kappa shape index (κ3) is 4.93. The van der Waals surface area contributed by atoms with E-state index < -0.39 is 23.4 Å². The Hall–Kier alpha value is -2.94. The van der Waals surface area contributed by atoms with Crippen LogP contribution in [-0.2, 0) is 16.8 Å². The summed E-state index contributed by atoms with van der Waals surface area (Å²) < 4.78 is 19.8. The Labute approximate surface area is 188 Å². The first-order valence-corrected chi connectivity index (χ1v) is 10.8. The van der Waals surface area contributed by atoms with Crippen molar-refractivity contribution < 1.29 is 18.7 Å². The van der Waals surface area contributed by atoms with Crippen LogP contribution in [0.3, 0.4) is 0 Å². The Bertz CT molecular complexity index is 976. The van der Waals surface area contributed by atoms with Crippen LogP contribution in [0.15, 0.2) is 24.3 Å². The fraction of sp³-hybridized carbons (Fsp3) is 0.522. The van der Waals surface area contributed by atoms with Crippen LogP contribution in [0.4, 0.5) is 15.0 Å². The largest absolute Gasteiger partial charge is 0.445 e. The number of aromatic nitrogens is 2. The van der Waals surface area contributed by atoms with Gasteiger partial charge in [-0.05, 0) is 52.4 Å². The van der Waals surface area contributed by atoms with Gasteiger partial charge in [0.05, 0.1) is 23.3 Å². The summed E-state index contributed by atoms with van der Waals surface area (Å²) in [4.78, 5) is 29.3. The monoisotopic (exact) mass is 445 g/mol. The van der Waals surface area contributed by atoms with Crippen molar-refractivity contribution in [3.63, 3.8) is 0 Å². The smallest absolute Gasteiger partial charge is 0.411 e. The number of aromatic amines is 1. The van der Waals surface area contributed by atoms with Crippen LogP contribution in [0.2, 0.25) is 0 Å². The minimum Gasteiger partial charge on any atom is -0.445 e. The number of halogens is 1. The van der Waals surface area contributed by atoms with Crippen LogP contribution >= 0.6 is 0 Å². The Morgan fingerprint density at radius 1 is 1.31 bits per heavy atom. The molecule has 9 heteroatoms. The zero-order valence-corrected chi connectivity index (χ0v) is 19.5. The van der Waals surface area contributed by atoms with E-state index in [2.05, 4.69) is 29.4 Å². The van der Waals surface area contributed by atoms with Gasteiger partial charge in [-0.25, -0.2) is 9.18 Å². The second-order valence-corrected chi connectivity index (χ2v) is 9.40. The number of H-pyrrole nitrogens is 1. The van der Waals surface area contributed by atoms with Crippen molar-refractivity contribution in [3.8, 4) is 0 Å². The molecule has 3 rings (SSSR count). The predicted molar refractivity (Wildman–Crippen MR) is 120 cm³/mol. The molecule has 32 heavy (non-hydrogen) atoms. The third-order valence-electron chi connectivity index (χ3n) is 5.61. The highest BCUT2D eigenvalue weighted by Gasteiger charge is 2.45. The molecule has 0 saturated heterocycles. The van der Waals surface area contributed by atoms with Crippen LogP contribution in [-0.4, -0.2) is 58.7 Å². The van der Waals surface area contributed by atoms with Crippen molar-refractivity contribution in [3.05, 3.63) is 46.9 Å². The first-order chi connectivity index (χ1) is 15.0. The van der Waals surface area contributed by atoms with Crippen molar-refractivity contribution in [1.82, 2.24) is 20.0 Å². The predicted octanol–water partition coefficient (Wildman–Crippen LogP) is 3.96. The van der Waals surface area contributed by atoms with E-state index in [9.17, 15) is 14.0 Å². The molecular weight excluding hydrogens is 413 g/mol. The molecule has 174 valence electrons. The van der Waals surface area contributed by atoms with Gasteiger partial charge in [-0.2, -0.15) is 5.10 Å². The molecule has 1 aliphatic heterocycles. The number of benzene rings is 1. The second-order valence-electron chi connectivity index (χ2n) is 9.40. The van der Waals surface area contributed by atoms with Crippen LogP contribution in [0.5, 0.6) is 0 Å². The van der Waals surface area contributed by atoms with Gasteiger partial charge < -0.3 is 15.0 Å². The van der Waals surface area contributed by atoms with E-state index in [0.717, 1.165) is 6.42 Å². The zero-order chi connectivity index (χ0) is 23.6. The quantitative estimate of drug-likeness (QED) is 0.673. The lowest BCUT2D eigenvalue weighted by Gasteiger charge is -2.33. The molecule has 2 aromatic rings. The molecule has 2 heterocycles. The number of amides is 2. The molecule has 0 radical (unpaired) electrons. The molecule has 0 aliphatic carbocycles. The summed E-state index contributed by atoms with van der Waals surface area (Å²) >= 11 is 0. The molecular formula is C23H32FN5O3. The van der Waals surface area contributed by atoms with Gasteiger partial charge in [0.25, 0.3) is 5.91 Å². The van der Waals surface area contributed by atoms with Gasteiger partial charge in [0.2, 0.25) is 0 Å². The minimum absolute atomic E-state index is 0.0713. The topological polar surface area (TPSA) is 90.6 Å². The number of rotatable bonds is 7. The first-order valence-electron chi connectivity index (χ1n) is 10.8. The van der Waals surface area contributed by atoms with E-state index in [0.29, 0.717) is 23.7 Å². The van der Waals surface area contributed by atoms with E-state index in [-0.39, 0.29) is 24.0 Å². The average molecular weight is 446 g/mol. The number of carbonyl (C=O) groups excluding carboxylic acids is 2. The summed E-state index contributed by atoms with van der Waals surface area (Å²) in [7, 11) is 3.89. The molecule has 2 amide bonds. The number of ether oxygens (including phenoxy) is 1. The van der Waals surface area contributed by atoms with Gasteiger partial charge in [-0.1, -0.05) is 26.0 Å². The number of carbonyl (C=O) groups is 2. The summed E-state index contributed by atoms with van der Waals surface area (Å²) in [6.45, 7) is 8.83. The Kier molecular flexibility index (Phi) is 6.88. The van der Waals surface area contributed by atoms with Gasteiger partial charge in [0.15, 0.2) is 5.82 Å². The number of hydrogen-bond donors (Lipinski definition) is 2. The lowest BCUT2D eigenvalue weighted by molar-refractivity contribution is 0.0195. The van der Waals surface area contributed by atoms with Gasteiger partial charge in [-0.3, -0.25) is 14.8 Å².